The van der Waals surface area contributed by atoms with Crippen molar-refractivity contribution in [3.05, 3.63) is 83.2 Å². The number of unbranched alkanes of at least 4 members (excludes halogenated alkanes) is 1. The Morgan fingerprint density at radius 2 is 1.68 bits per heavy atom. The second kappa shape index (κ2) is 10.7. The van der Waals surface area contributed by atoms with Crippen LogP contribution >= 0.6 is 0 Å². The number of hydrogen-bond donors (Lipinski definition) is 0. The molecule has 0 saturated heterocycles. The van der Waals surface area contributed by atoms with Gasteiger partial charge in [-0.25, -0.2) is 0 Å². The van der Waals surface area contributed by atoms with Gasteiger partial charge in [0, 0.05) is 25.0 Å². The first kappa shape index (κ1) is 22.5. The molecule has 0 N–H and O–H groups in total. The Kier molecular flexibility index (Phi) is 7.76. The van der Waals surface area contributed by atoms with Crippen LogP contribution < -0.4 is 9.47 Å². The van der Waals surface area contributed by atoms with E-state index in [9.17, 15) is 4.79 Å². The number of hydrogen-bond acceptors (Lipinski definition) is 3. The third-order valence-corrected chi connectivity index (χ3v) is 5.59. The fraction of sp³-hybridized carbons (Fsp3) is 0.346. The van der Waals surface area contributed by atoms with Crippen LogP contribution in [-0.2, 0) is 13.1 Å². The molecule has 0 spiro atoms. The van der Waals surface area contributed by atoms with Gasteiger partial charge in [0.1, 0.15) is 17.1 Å². The molecule has 1 aromatic heterocycles. The van der Waals surface area contributed by atoms with Gasteiger partial charge in [0.2, 0.25) is 0 Å². The van der Waals surface area contributed by atoms with Crippen LogP contribution in [0.25, 0.3) is 0 Å². The molecule has 0 bridgehead atoms. The zero-order valence-electron chi connectivity index (χ0n) is 18.9. The minimum atomic E-state index is -0.0774. The van der Waals surface area contributed by atoms with E-state index in [2.05, 4.69) is 54.9 Å². The van der Waals surface area contributed by atoms with Crippen LogP contribution in [0.4, 0.5) is 0 Å². The molecule has 5 nitrogen and oxygen atoms in total. The number of rotatable bonds is 10. The van der Waals surface area contributed by atoms with E-state index in [1.54, 1.807) is 26.4 Å². The molecule has 1 amide bonds. The third kappa shape index (κ3) is 5.29. The van der Waals surface area contributed by atoms with Crippen LogP contribution in [0.15, 0.2) is 60.8 Å². The predicted molar refractivity (Wildman–Crippen MR) is 124 cm³/mol. The molecule has 0 aliphatic rings. The molecule has 0 fully saturated rings. The Morgan fingerprint density at radius 1 is 0.968 bits per heavy atom. The second-order valence-electron chi connectivity index (χ2n) is 7.67. The van der Waals surface area contributed by atoms with Crippen molar-refractivity contribution in [2.75, 3.05) is 20.8 Å². The lowest BCUT2D eigenvalue weighted by Crippen LogP contribution is -2.33. The molecule has 3 rings (SSSR count). The van der Waals surface area contributed by atoms with E-state index in [-0.39, 0.29) is 5.91 Å². The van der Waals surface area contributed by atoms with Crippen molar-refractivity contribution in [3.8, 4) is 11.5 Å². The first-order valence-electron chi connectivity index (χ1n) is 10.8. The van der Waals surface area contributed by atoms with Crippen LogP contribution in [0.5, 0.6) is 11.5 Å². The third-order valence-electron chi connectivity index (χ3n) is 5.59. The van der Waals surface area contributed by atoms with E-state index in [0.29, 0.717) is 30.2 Å². The van der Waals surface area contributed by atoms with Crippen molar-refractivity contribution in [2.45, 2.75) is 39.8 Å². The number of carbonyl (C=O) groups is 1. The Morgan fingerprint density at radius 3 is 2.32 bits per heavy atom. The lowest BCUT2D eigenvalue weighted by Gasteiger charge is -2.25. The molecular weight excluding hydrogens is 388 g/mol. The normalized spacial score (nSPS) is 10.7. The summed E-state index contributed by atoms with van der Waals surface area (Å²) in [4.78, 5) is 15.5. The second-order valence-corrected chi connectivity index (χ2v) is 7.67. The summed E-state index contributed by atoms with van der Waals surface area (Å²) in [5, 5.41) is 0. The first-order chi connectivity index (χ1) is 15.1. The Labute approximate surface area is 185 Å². The van der Waals surface area contributed by atoms with Gasteiger partial charge in [-0.15, -0.1) is 0 Å². The summed E-state index contributed by atoms with van der Waals surface area (Å²) < 4.78 is 13.2. The minimum Gasteiger partial charge on any atom is -0.496 e. The fourth-order valence-corrected chi connectivity index (χ4v) is 3.74. The molecule has 0 aliphatic carbocycles. The van der Waals surface area contributed by atoms with E-state index in [4.69, 9.17) is 9.47 Å². The summed E-state index contributed by atoms with van der Waals surface area (Å²) in [6.07, 6.45) is 4.02. The summed E-state index contributed by atoms with van der Waals surface area (Å²) in [7, 11) is 3.16. The number of aryl methyl sites for hydroxylation is 1. The summed E-state index contributed by atoms with van der Waals surface area (Å²) in [6, 6.07) is 18.0. The van der Waals surface area contributed by atoms with Crippen LogP contribution in [0.3, 0.4) is 0 Å². The van der Waals surface area contributed by atoms with Gasteiger partial charge in [0.05, 0.1) is 20.8 Å². The summed E-state index contributed by atoms with van der Waals surface area (Å²) >= 11 is 0. The number of methoxy groups -OCH3 is 2. The van der Waals surface area contributed by atoms with Crippen LogP contribution in [0.1, 0.15) is 46.9 Å². The Bertz CT molecular complexity index is 987. The van der Waals surface area contributed by atoms with Gasteiger partial charge in [-0.05, 0) is 48.7 Å². The topological polar surface area (TPSA) is 43.7 Å². The monoisotopic (exact) mass is 420 g/mol. The molecule has 0 atom stereocenters. The van der Waals surface area contributed by atoms with Gasteiger partial charge < -0.3 is 18.9 Å². The maximum atomic E-state index is 13.6. The Hall–Kier alpha value is -3.21. The minimum absolute atomic E-state index is 0.0774. The fourth-order valence-electron chi connectivity index (χ4n) is 3.74. The van der Waals surface area contributed by atoms with Crippen LogP contribution in [-0.4, -0.2) is 36.1 Å². The highest BCUT2D eigenvalue weighted by Crippen LogP contribution is 2.30. The van der Waals surface area contributed by atoms with E-state index in [0.717, 1.165) is 25.1 Å². The molecule has 164 valence electrons. The average molecular weight is 421 g/mol. The number of ether oxygens (including phenoxy) is 2. The molecular formula is C26H32N2O3. The van der Waals surface area contributed by atoms with Crippen molar-refractivity contribution >= 4 is 5.91 Å². The maximum absolute atomic E-state index is 13.6. The number of amides is 1. The lowest BCUT2D eigenvalue weighted by atomic mass is 10.1. The number of benzene rings is 2. The molecule has 0 saturated carbocycles. The summed E-state index contributed by atoms with van der Waals surface area (Å²) in [5.74, 6) is 0.980. The van der Waals surface area contributed by atoms with E-state index >= 15 is 0 Å². The average Bonchev–Trinajstić information content (AvgIpc) is 3.23. The predicted octanol–water partition coefficient (Wildman–Crippen LogP) is 5.30. The van der Waals surface area contributed by atoms with Crippen molar-refractivity contribution in [2.24, 2.45) is 0 Å². The quantitative estimate of drug-likeness (QED) is 0.447. The van der Waals surface area contributed by atoms with Gasteiger partial charge in [-0.1, -0.05) is 43.7 Å². The molecule has 3 aromatic rings. The number of nitrogens with zero attached hydrogens (tertiary/aromatic N) is 2. The van der Waals surface area contributed by atoms with Gasteiger partial charge in [-0.3, -0.25) is 4.79 Å². The van der Waals surface area contributed by atoms with E-state index in [1.807, 2.05) is 17.0 Å². The number of carbonyl (C=O) groups excluding carboxylic acids is 1. The largest absolute Gasteiger partial charge is 0.496 e. The van der Waals surface area contributed by atoms with E-state index in [1.165, 1.54) is 11.1 Å². The molecule has 1 heterocycles. The Balaban J connectivity index is 1.90. The zero-order valence-corrected chi connectivity index (χ0v) is 18.9. The summed E-state index contributed by atoms with van der Waals surface area (Å²) in [5.41, 5.74) is 4.11. The van der Waals surface area contributed by atoms with E-state index < -0.39 is 0 Å². The van der Waals surface area contributed by atoms with Gasteiger partial charge in [0.15, 0.2) is 0 Å². The molecule has 5 heteroatoms. The maximum Gasteiger partial charge on any atom is 0.261 e. The van der Waals surface area contributed by atoms with Crippen molar-refractivity contribution in [3.63, 3.8) is 0 Å². The summed E-state index contributed by atoms with van der Waals surface area (Å²) in [6.45, 7) is 6.24. The SMILES string of the molecule is CCCCN(Cc1cccn1Cc1ccccc1C)C(=O)c1c(OC)cccc1OC. The highest BCUT2D eigenvalue weighted by molar-refractivity contribution is 5.99. The molecule has 2 aromatic carbocycles. The van der Waals surface area contributed by atoms with Crippen molar-refractivity contribution in [1.29, 1.82) is 0 Å². The smallest absolute Gasteiger partial charge is 0.261 e. The lowest BCUT2D eigenvalue weighted by molar-refractivity contribution is 0.0730. The molecule has 0 aliphatic heterocycles. The van der Waals surface area contributed by atoms with Gasteiger partial charge in [-0.2, -0.15) is 0 Å². The van der Waals surface area contributed by atoms with Crippen LogP contribution in [0.2, 0.25) is 0 Å². The standard InChI is InChI=1S/C26H32N2O3/c1-5-6-16-28(26(29)25-23(30-3)14-9-15-24(25)31-4)19-22-13-10-17-27(22)18-21-12-8-7-11-20(21)2/h7-15,17H,5-6,16,18-19H2,1-4H3. The molecule has 0 unspecified atom stereocenters. The highest BCUT2D eigenvalue weighted by atomic mass is 16.5. The molecule has 31 heavy (non-hydrogen) atoms. The number of aromatic nitrogens is 1. The first-order valence-corrected chi connectivity index (χ1v) is 10.8. The van der Waals surface area contributed by atoms with Gasteiger partial charge in [0.25, 0.3) is 5.91 Å². The van der Waals surface area contributed by atoms with Crippen LogP contribution in [0, 0.1) is 6.92 Å². The van der Waals surface area contributed by atoms with Gasteiger partial charge >= 0.3 is 0 Å². The zero-order chi connectivity index (χ0) is 22.2. The molecule has 0 radical (unpaired) electrons. The highest BCUT2D eigenvalue weighted by Gasteiger charge is 2.24. The van der Waals surface area contributed by atoms with Crippen molar-refractivity contribution < 1.29 is 14.3 Å². The van der Waals surface area contributed by atoms with Crippen molar-refractivity contribution in [1.82, 2.24) is 9.47 Å².